The van der Waals surface area contributed by atoms with E-state index >= 15 is 0 Å². The Balaban J connectivity index is 1.51. The molecule has 4 bridgehead atoms. The summed E-state index contributed by atoms with van der Waals surface area (Å²) in [7, 11) is 0. The standard InChI is InChI=1S/C19H21F2N3O/c20-15-2-1-12(16(21)6-15)5-17(23-10-22)24-18-13-3-11-4-14(18)9-19(25,7-11)8-13/h1-2,6,11,13-14,18,25H,3-5,7-9H2,(H,23,24). The molecule has 132 valence electrons. The van der Waals surface area contributed by atoms with Gasteiger partial charge >= 0.3 is 0 Å². The molecule has 2 atom stereocenters. The zero-order valence-corrected chi connectivity index (χ0v) is 13.9. The summed E-state index contributed by atoms with van der Waals surface area (Å²) in [5, 5.41) is 23.0. The normalized spacial score (nSPS) is 36.3. The third kappa shape index (κ3) is 3.13. The van der Waals surface area contributed by atoms with Gasteiger partial charge < -0.3 is 10.4 Å². The van der Waals surface area contributed by atoms with E-state index in [0.29, 0.717) is 29.2 Å². The highest BCUT2D eigenvalue weighted by atomic mass is 19.1. The molecule has 4 aliphatic carbocycles. The fourth-order valence-corrected chi connectivity index (χ4v) is 5.44. The second-order valence-electron chi connectivity index (χ2n) is 7.94. The summed E-state index contributed by atoms with van der Waals surface area (Å²) >= 11 is 0. The third-order valence-corrected chi connectivity index (χ3v) is 6.13. The van der Waals surface area contributed by atoms with Crippen LogP contribution in [0.3, 0.4) is 0 Å². The molecule has 0 aromatic heterocycles. The van der Waals surface area contributed by atoms with Crippen LogP contribution in [0.15, 0.2) is 23.2 Å². The SMILES string of the molecule is N#C/N=C(\Cc1ccc(F)cc1F)NC1C2CC3CC1CC(O)(C3)C2. The number of hydrogen-bond donors (Lipinski definition) is 2. The average molecular weight is 345 g/mol. The highest BCUT2D eigenvalue weighted by Gasteiger charge is 2.54. The summed E-state index contributed by atoms with van der Waals surface area (Å²) in [4.78, 5) is 3.84. The van der Waals surface area contributed by atoms with Crippen LogP contribution < -0.4 is 5.32 Å². The molecular formula is C19H21F2N3O. The van der Waals surface area contributed by atoms with E-state index in [-0.39, 0.29) is 12.5 Å². The molecule has 4 fully saturated rings. The fourth-order valence-electron chi connectivity index (χ4n) is 5.44. The maximum absolute atomic E-state index is 13.9. The summed E-state index contributed by atoms with van der Waals surface area (Å²) < 4.78 is 27.0. The molecule has 0 saturated heterocycles. The van der Waals surface area contributed by atoms with E-state index < -0.39 is 17.2 Å². The summed E-state index contributed by atoms with van der Waals surface area (Å²) in [6.45, 7) is 0. The number of amidine groups is 1. The van der Waals surface area contributed by atoms with E-state index in [9.17, 15) is 13.9 Å². The largest absolute Gasteiger partial charge is 0.390 e. The first kappa shape index (κ1) is 16.5. The molecule has 0 spiro atoms. The van der Waals surface area contributed by atoms with E-state index in [0.717, 1.165) is 38.2 Å². The maximum atomic E-state index is 13.9. The van der Waals surface area contributed by atoms with Crippen molar-refractivity contribution in [1.29, 1.82) is 5.26 Å². The van der Waals surface area contributed by atoms with Gasteiger partial charge in [-0.1, -0.05) is 6.07 Å². The zero-order chi connectivity index (χ0) is 17.6. The highest BCUT2D eigenvalue weighted by Crippen LogP contribution is 2.55. The van der Waals surface area contributed by atoms with Crippen LogP contribution >= 0.6 is 0 Å². The van der Waals surface area contributed by atoms with Crippen molar-refractivity contribution in [2.45, 2.75) is 50.2 Å². The third-order valence-electron chi connectivity index (χ3n) is 6.13. The van der Waals surface area contributed by atoms with Crippen molar-refractivity contribution in [3.05, 3.63) is 35.4 Å². The van der Waals surface area contributed by atoms with Gasteiger partial charge in [0.1, 0.15) is 17.5 Å². The van der Waals surface area contributed by atoms with E-state index in [1.807, 2.05) is 0 Å². The number of nitrogens with one attached hydrogen (secondary N) is 1. The van der Waals surface area contributed by atoms with Gasteiger partial charge in [-0.15, -0.1) is 0 Å². The molecule has 1 aromatic carbocycles. The molecule has 4 nitrogen and oxygen atoms in total. The molecule has 4 saturated carbocycles. The molecule has 2 unspecified atom stereocenters. The van der Waals surface area contributed by atoms with Gasteiger partial charge in [0.15, 0.2) is 0 Å². The lowest BCUT2D eigenvalue weighted by atomic mass is 9.52. The van der Waals surface area contributed by atoms with Gasteiger partial charge in [-0.05, 0) is 61.5 Å². The number of halogens is 2. The monoisotopic (exact) mass is 345 g/mol. The highest BCUT2D eigenvalue weighted by molar-refractivity contribution is 5.85. The number of aliphatic imine (C=N–C) groups is 1. The molecule has 4 aliphatic rings. The number of rotatable bonds is 3. The van der Waals surface area contributed by atoms with Crippen LogP contribution in [-0.4, -0.2) is 22.6 Å². The van der Waals surface area contributed by atoms with Gasteiger partial charge in [0.25, 0.3) is 0 Å². The van der Waals surface area contributed by atoms with Crippen molar-refractivity contribution in [3.63, 3.8) is 0 Å². The zero-order valence-electron chi connectivity index (χ0n) is 13.9. The number of nitriles is 1. The Kier molecular flexibility index (Phi) is 3.99. The van der Waals surface area contributed by atoms with Crippen molar-refractivity contribution in [1.82, 2.24) is 5.32 Å². The lowest BCUT2D eigenvalue weighted by molar-refractivity contribution is -0.136. The molecular weight excluding hydrogens is 324 g/mol. The predicted molar refractivity (Wildman–Crippen MR) is 88.5 cm³/mol. The second-order valence-corrected chi connectivity index (χ2v) is 7.94. The first-order valence-electron chi connectivity index (χ1n) is 8.84. The van der Waals surface area contributed by atoms with Gasteiger partial charge in [-0.3, -0.25) is 0 Å². The Morgan fingerprint density at radius 3 is 2.60 bits per heavy atom. The van der Waals surface area contributed by atoms with Crippen LogP contribution in [0.25, 0.3) is 0 Å². The molecule has 0 aliphatic heterocycles. The number of benzene rings is 1. The number of nitrogens with zero attached hydrogens (tertiary/aromatic N) is 2. The van der Waals surface area contributed by atoms with Crippen molar-refractivity contribution in [2.75, 3.05) is 0 Å². The summed E-state index contributed by atoms with van der Waals surface area (Å²) in [5.74, 6) is 0.467. The Labute approximate surface area is 145 Å². The van der Waals surface area contributed by atoms with E-state index in [1.165, 1.54) is 12.1 Å². The smallest absolute Gasteiger partial charge is 0.207 e. The maximum Gasteiger partial charge on any atom is 0.207 e. The molecule has 25 heavy (non-hydrogen) atoms. The van der Waals surface area contributed by atoms with Crippen LogP contribution in [0, 0.1) is 40.8 Å². The van der Waals surface area contributed by atoms with Crippen molar-refractivity contribution in [2.24, 2.45) is 22.7 Å². The molecule has 0 amide bonds. The van der Waals surface area contributed by atoms with Gasteiger partial charge in [0.05, 0.1) is 5.60 Å². The van der Waals surface area contributed by atoms with E-state index in [1.54, 1.807) is 6.19 Å². The van der Waals surface area contributed by atoms with Crippen molar-refractivity contribution < 1.29 is 13.9 Å². The minimum atomic E-state index is -0.633. The van der Waals surface area contributed by atoms with Gasteiger partial charge in [0.2, 0.25) is 6.19 Å². The molecule has 0 radical (unpaired) electrons. The quantitative estimate of drug-likeness (QED) is 0.503. The Bertz CT molecular complexity index is 742. The van der Waals surface area contributed by atoms with Crippen molar-refractivity contribution >= 4 is 5.84 Å². The number of hydrogen-bond acceptors (Lipinski definition) is 3. The molecule has 1 aromatic rings. The minimum absolute atomic E-state index is 0.128. The Hall–Kier alpha value is -2.00. The number of aliphatic hydroxyl groups is 1. The van der Waals surface area contributed by atoms with Crippen LogP contribution in [-0.2, 0) is 6.42 Å². The van der Waals surface area contributed by atoms with Gasteiger partial charge in [-0.25, -0.2) is 8.78 Å². The second kappa shape index (κ2) is 6.06. The summed E-state index contributed by atoms with van der Waals surface area (Å²) in [6, 6.07) is 3.60. The Morgan fingerprint density at radius 2 is 2.00 bits per heavy atom. The van der Waals surface area contributed by atoms with Crippen LogP contribution in [0.5, 0.6) is 0 Å². The van der Waals surface area contributed by atoms with Crippen molar-refractivity contribution in [3.8, 4) is 6.19 Å². The topological polar surface area (TPSA) is 68.4 Å². The van der Waals surface area contributed by atoms with Crippen LogP contribution in [0.1, 0.15) is 37.7 Å². The van der Waals surface area contributed by atoms with E-state index in [2.05, 4.69) is 10.3 Å². The molecule has 0 heterocycles. The lowest BCUT2D eigenvalue weighted by Gasteiger charge is -2.58. The summed E-state index contributed by atoms with van der Waals surface area (Å²) in [6.07, 6.45) is 6.55. The predicted octanol–water partition coefficient (Wildman–Crippen LogP) is 2.92. The van der Waals surface area contributed by atoms with Crippen LogP contribution in [0.4, 0.5) is 8.78 Å². The van der Waals surface area contributed by atoms with E-state index in [4.69, 9.17) is 5.26 Å². The van der Waals surface area contributed by atoms with Gasteiger partial charge in [0, 0.05) is 18.5 Å². The molecule has 5 rings (SSSR count). The summed E-state index contributed by atoms with van der Waals surface area (Å²) in [5.41, 5.74) is -0.213. The first-order valence-corrected chi connectivity index (χ1v) is 8.84. The first-order chi connectivity index (χ1) is 12.0. The molecule has 6 heteroatoms. The van der Waals surface area contributed by atoms with Crippen LogP contribution in [0.2, 0.25) is 0 Å². The minimum Gasteiger partial charge on any atom is -0.390 e. The molecule has 2 N–H and O–H groups in total. The lowest BCUT2D eigenvalue weighted by Crippen LogP contribution is -2.61. The van der Waals surface area contributed by atoms with Gasteiger partial charge in [-0.2, -0.15) is 10.3 Å². The Morgan fingerprint density at radius 1 is 1.28 bits per heavy atom. The average Bonchev–Trinajstić information content (AvgIpc) is 2.52. The fraction of sp³-hybridized carbons (Fsp3) is 0.579.